The van der Waals surface area contributed by atoms with Crippen LogP contribution in [0, 0.1) is 6.92 Å². The van der Waals surface area contributed by atoms with Gasteiger partial charge in [0.1, 0.15) is 0 Å². The van der Waals surface area contributed by atoms with Crippen molar-refractivity contribution in [2.24, 2.45) is 0 Å². The van der Waals surface area contributed by atoms with E-state index < -0.39 is 0 Å². The lowest BCUT2D eigenvalue weighted by Gasteiger charge is -2.37. The fraction of sp³-hybridized carbons (Fsp3) is 0.939. The maximum absolute atomic E-state index is 13.8. The molecule has 7 heteroatoms. The molecule has 1 radical (unpaired) electrons. The molecule has 2 amide bonds. The summed E-state index contributed by atoms with van der Waals surface area (Å²) >= 11 is 0. The number of rotatable bonds is 41. The van der Waals surface area contributed by atoms with Crippen LogP contribution in [0.2, 0.25) is 0 Å². The lowest BCUT2D eigenvalue weighted by atomic mass is 10.1. The Morgan fingerprint density at radius 1 is 0.357 bits per heavy atom. The van der Waals surface area contributed by atoms with E-state index in [4.69, 9.17) is 0 Å². The van der Waals surface area contributed by atoms with Crippen LogP contribution in [0.5, 0.6) is 0 Å². The molecule has 0 unspecified atom stereocenters. The van der Waals surface area contributed by atoms with E-state index in [1.165, 1.54) is 186 Å². The topological polar surface area (TPSA) is 50.3 Å². The number of hydrogen-bond acceptors (Lipinski definition) is 5. The Kier molecular flexibility index (Phi) is 37.1. The summed E-state index contributed by atoms with van der Waals surface area (Å²) in [6.45, 7) is 24.2. The van der Waals surface area contributed by atoms with Gasteiger partial charge in [-0.2, -0.15) is 0 Å². The summed E-state index contributed by atoms with van der Waals surface area (Å²) in [5.41, 5.74) is 0. The van der Waals surface area contributed by atoms with Gasteiger partial charge in [0.2, 0.25) is 11.8 Å². The van der Waals surface area contributed by atoms with E-state index in [2.05, 4.69) is 49.3 Å². The highest BCUT2D eigenvalue weighted by Crippen LogP contribution is 2.14. The van der Waals surface area contributed by atoms with Gasteiger partial charge in [-0.25, -0.2) is 0 Å². The highest BCUT2D eigenvalue weighted by molar-refractivity contribution is 5.80. The minimum Gasteiger partial charge on any atom is -0.338 e. The summed E-state index contributed by atoms with van der Waals surface area (Å²) in [6, 6.07) is 0. The van der Waals surface area contributed by atoms with Crippen LogP contribution in [-0.4, -0.2) is 121 Å². The number of unbranched alkanes of at least 4 members (excludes halogenated alkanes) is 24. The molecule has 1 aliphatic heterocycles. The number of carbonyl (C=O) groups excluding carboxylic acids is 2. The average Bonchev–Trinajstić information content (AvgIpc) is 3.20. The van der Waals surface area contributed by atoms with Gasteiger partial charge < -0.3 is 14.7 Å². The van der Waals surface area contributed by atoms with Gasteiger partial charge in [0.15, 0.2) is 0 Å². The smallest absolute Gasteiger partial charge is 0.236 e. The molecule has 0 spiro atoms. The molecule has 1 fully saturated rings. The van der Waals surface area contributed by atoms with Crippen LogP contribution in [0.1, 0.15) is 214 Å². The Balaban J connectivity index is 2.70. The summed E-state index contributed by atoms with van der Waals surface area (Å²) in [4.78, 5) is 38.8. The van der Waals surface area contributed by atoms with Crippen molar-refractivity contribution < 1.29 is 9.59 Å². The van der Waals surface area contributed by atoms with E-state index in [0.717, 1.165) is 45.6 Å². The minimum atomic E-state index is 0.219. The van der Waals surface area contributed by atoms with Crippen LogP contribution in [0.4, 0.5) is 0 Å². The molecule has 0 aliphatic carbocycles. The number of piperazine rings is 1. The summed E-state index contributed by atoms with van der Waals surface area (Å²) < 4.78 is 0. The van der Waals surface area contributed by atoms with E-state index >= 15 is 0 Å². The van der Waals surface area contributed by atoms with Crippen molar-refractivity contribution in [1.82, 2.24) is 24.5 Å². The first kappa shape index (κ1) is 52.8. The fourth-order valence-corrected chi connectivity index (χ4v) is 8.34. The molecular formula is C49H98N5O2. The molecule has 1 saturated heterocycles. The largest absolute Gasteiger partial charge is 0.338 e. The fourth-order valence-electron chi connectivity index (χ4n) is 8.34. The van der Waals surface area contributed by atoms with Gasteiger partial charge in [-0.15, -0.1) is 0 Å². The summed E-state index contributed by atoms with van der Waals surface area (Å²) in [6.07, 6.45) is 37.9. The van der Waals surface area contributed by atoms with Gasteiger partial charge in [0, 0.05) is 39.3 Å². The van der Waals surface area contributed by atoms with Crippen molar-refractivity contribution in [1.29, 1.82) is 0 Å². The highest BCUT2D eigenvalue weighted by atomic mass is 16.2. The van der Waals surface area contributed by atoms with Gasteiger partial charge >= 0.3 is 0 Å². The van der Waals surface area contributed by atoms with Crippen LogP contribution in [0.25, 0.3) is 0 Å². The molecule has 0 atom stereocenters. The Morgan fingerprint density at radius 3 is 0.911 bits per heavy atom. The van der Waals surface area contributed by atoms with Gasteiger partial charge in [-0.3, -0.25) is 19.4 Å². The highest BCUT2D eigenvalue weighted by Gasteiger charge is 2.26. The van der Waals surface area contributed by atoms with Crippen LogP contribution >= 0.6 is 0 Å². The molecule has 0 aromatic carbocycles. The van der Waals surface area contributed by atoms with Crippen molar-refractivity contribution in [3.8, 4) is 0 Å². The predicted octanol–water partition coefficient (Wildman–Crippen LogP) is 11.8. The zero-order chi connectivity index (χ0) is 40.7. The second kappa shape index (κ2) is 39.3. The number of nitrogens with zero attached hydrogens (tertiary/aromatic N) is 5. The maximum atomic E-state index is 13.8. The summed E-state index contributed by atoms with van der Waals surface area (Å²) in [5, 5.41) is 0. The third kappa shape index (κ3) is 29.9. The van der Waals surface area contributed by atoms with Crippen LogP contribution in [0.15, 0.2) is 0 Å². The predicted molar refractivity (Wildman–Crippen MR) is 244 cm³/mol. The van der Waals surface area contributed by atoms with E-state index in [9.17, 15) is 9.59 Å². The van der Waals surface area contributed by atoms with Gasteiger partial charge in [-0.05, 0) is 64.8 Å². The van der Waals surface area contributed by atoms with Crippen molar-refractivity contribution in [3.63, 3.8) is 0 Å². The monoisotopic (exact) mass is 789 g/mol. The van der Waals surface area contributed by atoms with Crippen molar-refractivity contribution in [2.45, 2.75) is 214 Å². The average molecular weight is 789 g/mol. The second-order valence-electron chi connectivity index (χ2n) is 17.5. The van der Waals surface area contributed by atoms with Crippen LogP contribution < -0.4 is 0 Å². The first-order valence-corrected chi connectivity index (χ1v) is 25.0. The number of hydrogen-bond donors (Lipinski definition) is 0. The standard InChI is InChI=1S/C49H98N5O2/c1-6-11-15-19-23-27-31-36-50(37-32-28-24-20-16-12-7-2)40-41-52(39-34-30-26-22-18-14-9-4)47-49(56)54-44-42-53(43-45-54)48(55)46-51(35-10-5)38-33-29-25-21-17-13-8-3/h5-47H2,1-4H3. The molecule has 0 N–H and O–H groups in total. The normalized spacial score (nSPS) is 13.6. The Labute approximate surface area is 350 Å². The van der Waals surface area contributed by atoms with Gasteiger partial charge in [0.25, 0.3) is 0 Å². The SMILES string of the molecule is [CH2]CCN(CCCCCCCCC)CC(=O)N1CCN(C(=O)CN(CCCCCCCCC)CCN(CCCCCCCCC)CCCCCCCCC)CC1. The third-order valence-corrected chi connectivity index (χ3v) is 12.2. The number of amides is 2. The molecule has 7 nitrogen and oxygen atoms in total. The Hall–Kier alpha value is -1.18. The van der Waals surface area contributed by atoms with Gasteiger partial charge in [0.05, 0.1) is 13.1 Å². The molecule has 0 aromatic heterocycles. The molecule has 56 heavy (non-hydrogen) atoms. The molecule has 1 rings (SSSR count). The summed E-state index contributed by atoms with van der Waals surface area (Å²) in [5.74, 6) is 0.472. The van der Waals surface area contributed by atoms with Crippen molar-refractivity contribution in [2.75, 3.05) is 85.1 Å². The molecule has 0 aromatic rings. The quantitative estimate of drug-likeness (QED) is 0.0578. The maximum Gasteiger partial charge on any atom is 0.236 e. The van der Waals surface area contributed by atoms with E-state index in [1.54, 1.807) is 0 Å². The van der Waals surface area contributed by atoms with Crippen LogP contribution in [-0.2, 0) is 9.59 Å². The molecule has 331 valence electrons. The minimum absolute atomic E-state index is 0.219. The first-order valence-electron chi connectivity index (χ1n) is 25.0. The molecule has 1 aliphatic rings. The first-order chi connectivity index (χ1) is 27.5. The number of carbonyl (C=O) groups is 2. The Morgan fingerprint density at radius 2 is 0.607 bits per heavy atom. The third-order valence-electron chi connectivity index (χ3n) is 12.2. The van der Waals surface area contributed by atoms with E-state index in [1.807, 2.05) is 9.80 Å². The lowest BCUT2D eigenvalue weighted by Crippen LogP contribution is -2.54. The summed E-state index contributed by atoms with van der Waals surface area (Å²) in [7, 11) is 0. The molecule has 1 heterocycles. The van der Waals surface area contributed by atoms with Crippen LogP contribution in [0.3, 0.4) is 0 Å². The lowest BCUT2D eigenvalue weighted by molar-refractivity contribution is -0.140. The van der Waals surface area contributed by atoms with Crippen molar-refractivity contribution >= 4 is 11.8 Å². The zero-order valence-electron chi connectivity index (χ0n) is 38.5. The zero-order valence-corrected chi connectivity index (χ0v) is 38.5. The van der Waals surface area contributed by atoms with Gasteiger partial charge in [-0.1, -0.05) is 189 Å². The second-order valence-corrected chi connectivity index (χ2v) is 17.5. The Bertz CT molecular complexity index is 845. The molecular weight excluding hydrogens is 691 g/mol. The van der Waals surface area contributed by atoms with E-state index in [0.29, 0.717) is 39.3 Å². The van der Waals surface area contributed by atoms with E-state index in [-0.39, 0.29) is 11.8 Å². The van der Waals surface area contributed by atoms with Crippen molar-refractivity contribution in [3.05, 3.63) is 6.92 Å². The molecule has 0 saturated carbocycles. The molecule has 0 bridgehead atoms.